The van der Waals surface area contributed by atoms with E-state index < -0.39 is 11.6 Å². The molecule has 2 aromatic rings. The van der Waals surface area contributed by atoms with Crippen LogP contribution in [0.5, 0.6) is 0 Å². The van der Waals surface area contributed by atoms with Crippen molar-refractivity contribution in [2.75, 3.05) is 13.1 Å². The van der Waals surface area contributed by atoms with Gasteiger partial charge in [0, 0.05) is 37.5 Å². The van der Waals surface area contributed by atoms with E-state index >= 15 is 0 Å². The topological polar surface area (TPSA) is 91.4 Å². The molecule has 0 spiro atoms. The highest BCUT2D eigenvalue weighted by Crippen LogP contribution is 2.39. The van der Waals surface area contributed by atoms with E-state index in [2.05, 4.69) is 15.6 Å². The molecule has 7 nitrogen and oxygen atoms in total. The Kier molecular flexibility index (Phi) is 7.40. The lowest BCUT2D eigenvalue weighted by atomic mass is 9.69. The van der Waals surface area contributed by atoms with Crippen molar-refractivity contribution in [1.82, 2.24) is 20.5 Å². The number of amides is 3. The lowest BCUT2D eigenvalue weighted by Gasteiger charge is -2.51. The second-order valence-corrected chi connectivity index (χ2v) is 9.05. The SMILES string of the molecule is CCCC1(C(=O)NCCc2ccccn2)NC(=O)C2CC1CCN2C(=O)/C=C/c1ccccc1. The van der Waals surface area contributed by atoms with Gasteiger partial charge in [0.2, 0.25) is 17.7 Å². The molecule has 2 fully saturated rings. The molecule has 34 heavy (non-hydrogen) atoms. The summed E-state index contributed by atoms with van der Waals surface area (Å²) in [6.07, 6.45) is 8.20. The Morgan fingerprint density at radius 2 is 2.00 bits per heavy atom. The third-order valence-electron chi connectivity index (χ3n) is 6.89. The summed E-state index contributed by atoms with van der Waals surface area (Å²) in [5.74, 6) is -0.561. The zero-order valence-corrected chi connectivity index (χ0v) is 19.6. The van der Waals surface area contributed by atoms with Crippen molar-refractivity contribution in [2.24, 2.45) is 5.92 Å². The van der Waals surface area contributed by atoms with E-state index in [1.807, 2.05) is 55.5 Å². The zero-order chi connectivity index (χ0) is 24.0. The van der Waals surface area contributed by atoms with Crippen LogP contribution in [0.1, 0.15) is 43.9 Å². The fourth-order valence-corrected chi connectivity index (χ4v) is 5.18. The van der Waals surface area contributed by atoms with Crippen molar-refractivity contribution in [3.05, 3.63) is 72.1 Å². The van der Waals surface area contributed by atoms with Gasteiger partial charge >= 0.3 is 0 Å². The molecule has 178 valence electrons. The van der Waals surface area contributed by atoms with Gasteiger partial charge in [0.25, 0.3) is 0 Å². The molecule has 2 aliphatic rings. The third-order valence-corrected chi connectivity index (χ3v) is 6.89. The molecule has 3 unspecified atom stereocenters. The predicted octanol–water partition coefficient (Wildman–Crippen LogP) is 2.73. The number of aromatic nitrogens is 1. The maximum Gasteiger partial charge on any atom is 0.247 e. The normalized spacial score (nSPS) is 24.0. The number of fused-ring (bicyclic) bond motifs is 2. The van der Waals surface area contributed by atoms with Crippen LogP contribution in [0.2, 0.25) is 0 Å². The lowest BCUT2D eigenvalue weighted by molar-refractivity contribution is -0.153. The average molecular weight is 461 g/mol. The molecule has 2 bridgehead atoms. The Hall–Kier alpha value is -3.48. The summed E-state index contributed by atoms with van der Waals surface area (Å²) in [6, 6.07) is 14.8. The van der Waals surface area contributed by atoms with Crippen LogP contribution in [-0.4, -0.2) is 52.3 Å². The Bertz CT molecular complexity index is 1040. The molecule has 1 aromatic heterocycles. The van der Waals surface area contributed by atoms with E-state index in [-0.39, 0.29) is 23.6 Å². The first-order valence-electron chi connectivity index (χ1n) is 12.1. The molecule has 4 rings (SSSR count). The van der Waals surface area contributed by atoms with E-state index in [1.165, 1.54) is 6.08 Å². The van der Waals surface area contributed by atoms with Gasteiger partial charge in [-0.2, -0.15) is 0 Å². The molecule has 3 atom stereocenters. The van der Waals surface area contributed by atoms with Gasteiger partial charge in [-0.25, -0.2) is 0 Å². The molecule has 2 N–H and O–H groups in total. The van der Waals surface area contributed by atoms with Crippen molar-refractivity contribution in [3.8, 4) is 0 Å². The van der Waals surface area contributed by atoms with Gasteiger partial charge in [0.15, 0.2) is 0 Å². The highest BCUT2D eigenvalue weighted by Gasteiger charge is 2.54. The number of hydrogen-bond acceptors (Lipinski definition) is 4. The second-order valence-electron chi connectivity index (χ2n) is 9.05. The van der Waals surface area contributed by atoms with Gasteiger partial charge in [-0.1, -0.05) is 49.7 Å². The summed E-state index contributed by atoms with van der Waals surface area (Å²) in [6.45, 7) is 2.95. The molecule has 3 heterocycles. The number of piperidine rings is 2. The minimum Gasteiger partial charge on any atom is -0.354 e. The van der Waals surface area contributed by atoms with Crippen molar-refractivity contribution in [2.45, 2.75) is 50.6 Å². The number of carbonyl (C=O) groups excluding carboxylic acids is 3. The molecular formula is C27H32N4O3. The largest absolute Gasteiger partial charge is 0.354 e. The van der Waals surface area contributed by atoms with Crippen LogP contribution in [0.25, 0.3) is 6.08 Å². The molecule has 0 radical (unpaired) electrons. The fourth-order valence-electron chi connectivity index (χ4n) is 5.18. The summed E-state index contributed by atoms with van der Waals surface area (Å²) < 4.78 is 0. The van der Waals surface area contributed by atoms with Gasteiger partial charge < -0.3 is 15.5 Å². The summed E-state index contributed by atoms with van der Waals surface area (Å²) in [7, 11) is 0. The van der Waals surface area contributed by atoms with E-state index in [1.54, 1.807) is 17.2 Å². The quantitative estimate of drug-likeness (QED) is 0.593. The smallest absolute Gasteiger partial charge is 0.247 e. The molecule has 2 saturated heterocycles. The van der Waals surface area contributed by atoms with Crippen LogP contribution in [0, 0.1) is 5.92 Å². The molecule has 7 heteroatoms. The Morgan fingerprint density at radius 1 is 1.21 bits per heavy atom. The maximum atomic E-state index is 13.4. The number of rotatable bonds is 8. The molecule has 1 aromatic carbocycles. The van der Waals surface area contributed by atoms with Crippen LogP contribution in [-0.2, 0) is 20.8 Å². The summed E-state index contributed by atoms with van der Waals surface area (Å²) in [5.41, 5.74) is 0.917. The van der Waals surface area contributed by atoms with E-state index in [9.17, 15) is 14.4 Å². The van der Waals surface area contributed by atoms with Gasteiger partial charge in [0.1, 0.15) is 11.6 Å². The Morgan fingerprint density at radius 3 is 2.74 bits per heavy atom. The van der Waals surface area contributed by atoms with Crippen LogP contribution in [0.15, 0.2) is 60.8 Å². The van der Waals surface area contributed by atoms with Crippen molar-refractivity contribution in [3.63, 3.8) is 0 Å². The summed E-state index contributed by atoms with van der Waals surface area (Å²) >= 11 is 0. The molecule has 0 aliphatic carbocycles. The maximum absolute atomic E-state index is 13.4. The number of carbonyl (C=O) groups is 3. The zero-order valence-electron chi connectivity index (χ0n) is 19.6. The van der Waals surface area contributed by atoms with Gasteiger partial charge in [0.05, 0.1) is 0 Å². The summed E-state index contributed by atoms with van der Waals surface area (Å²) in [4.78, 5) is 45.4. The van der Waals surface area contributed by atoms with Crippen molar-refractivity contribution < 1.29 is 14.4 Å². The number of likely N-dealkylation sites (tertiary alicyclic amines) is 1. The average Bonchev–Trinajstić information content (AvgIpc) is 2.87. The monoisotopic (exact) mass is 460 g/mol. The van der Waals surface area contributed by atoms with Crippen molar-refractivity contribution >= 4 is 23.8 Å². The first kappa shape index (κ1) is 23.7. The Balaban J connectivity index is 1.42. The highest BCUT2D eigenvalue weighted by molar-refractivity contribution is 5.99. The van der Waals surface area contributed by atoms with Crippen LogP contribution >= 0.6 is 0 Å². The molecular weight excluding hydrogens is 428 g/mol. The Labute approximate surface area is 200 Å². The highest BCUT2D eigenvalue weighted by atomic mass is 16.2. The molecule has 3 amide bonds. The number of hydrogen-bond donors (Lipinski definition) is 2. The lowest BCUT2D eigenvalue weighted by Crippen LogP contribution is -2.72. The van der Waals surface area contributed by atoms with Gasteiger partial charge in [-0.15, -0.1) is 0 Å². The number of nitrogens with one attached hydrogen (secondary N) is 2. The standard InChI is InChI=1S/C27H32N4O3/c1-2-15-27(26(34)29-17-13-22-10-6-7-16-28-22)21-14-18-31(23(19-21)25(33)30-27)24(32)12-11-20-8-4-3-5-9-20/h3-12,16,21,23H,2,13-15,17-19H2,1H3,(H,29,34)(H,30,33)/b12-11+. The molecule has 2 aliphatic heterocycles. The van der Waals surface area contributed by atoms with Crippen molar-refractivity contribution in [1.29, 1.82) is 0 Å². The first-order valence-corrected chi connectivity index (χ1v) is 12.1. The van der Waals surface area contributed by atoms with E-state index in [0.717, 1.165) is 17.7 Å². The number of benzene rings is 1. The second kappa shape index (κ2) is 10.6. The van der Waals surface area contributed by atoms with Gasteiger partial charge in [-0.05, 0) is 49.0 Å². The minimum absolute atomic E-state index is 0.00727. The van der Waals surface area contributed by atoms with E-state index in [0.29, 0.717) is 38.8 Å². The fraction of sp³-hybridized carbons (Fsp3) is 0.407. The number of nitrogens with zero attached hydrogens (tertiary/aromatic N) is 2. The van der Waals surface area contributed by atoms with E-state index in [4.69, 9.17) is 0 Å². The van der Waals surface area contributed by atoms with Crippen LogP contribution < -0.4 is 10.6 Å². The van der Waals surface area contributed by atoms with Crippen LogP contribution in [0.3, 0.4) is 0 Å². The molecule has 0 saturated carbocycles. The first-order chi connectivity index (χ1) is 16.5. The minimum atomic E-state index is -0.929. The predicted molar refractivity (Wildman–Crippen MR) is 130 cm³/mol. The van der Waals surface area contributed by atoms with Crippen LogP contribution in [0.4, 0.5) is 0 Å². The third kappa shape index (κ3) is 5.03. The van der Waals surface area contributed by atoms with Gasteiger partial charge in [-0.3, -0.25) is 19.4 Å². The number of pyridine rings is 1. The summed E-state index contributed by atoms with van der Waals surface area (Å²) in [5, 5.41) is 6.09.